The fraction of sp³-hybridized carbons (Fsp3) is 0.571. The molecule has 4 rings (SSSR count). The van der Waals surface area contributed by atoms with Gasteiger partial charge in [-0.1, -0.05) is 6.92 Å². The predicted octanol–water partition coefficient (Wildman–Crippen LogP) is 3.07. The van der Waals surface area contributed by atoms with Gasteiger partial charge < -0.3 is 9.80 Å². The highest BCUT2D eigenvalue weighted by Crippen LogP contribution is 2.23. The molecule has 2 aliphatic rings. The lowest BCUT2D eigenvalue weighted by molar-refractivity contribution is 0.0681. The molecule has 144 valence electrons. The van der Waals surface area contributed by atoms with Gasteiger partial charge in [-0.05, 0) is 55.7 Å². The molecule has 2 fully saturated rings. The summed E-state index contributed by atoms with van der Waals surface area (Å²) in [7, 11) is 0. The molecule has 0 bridgehead atoms. The Hall–Kier alpha value is -2.37. The molecular weight excluding hydrogens is 338 g/mol. The van der Waals surface area contributed by atoms with Crippen molar-refractivity contribution >= 4 is 11.7 Å². The normalized spacial score (nSPS) is 19.4. The summed E-state index contributed by atoms with van der Waals surface area (Å²) < 4.78 is 1.99. The summed E-state index contributed by atoms with van der Waals surface area (Å²) in [4.78, 5) is 21.7. The van der Waals surface area contributed by atoms with Crippen LogP contribution in [0.25, 0.3) is 0 Å². The Balaban J connectivity index is 1.30. The highest BCUT2D eigenvalue weighted by molar-refractivity contribution is 5.94. The molecule has 0 aliphatic carbocycles. The second-order valence-electron chi connectivity index (χ2n) is 8.04. The highest BCUT2D eigenvalue weighted by Gasteiger charge is 2.24. The fourth-order valence-corrected chi connectivity index (χ4v) is 4.11. The summed E-state index contributed by atoms with van der Waals surface area (Å²) in [5, 5.41) is 4.29. The smallest absolute Gasteiger partial charge is 0.255 e. The van der Waals surface area contributed by atoms with Crippen LogP contribution in [0.3, 0.4) is 0 Å². The summed E-state index contributed by atoms with van der Waals surface area (Å²) in [6.07, 6.45) is 10.1. The minimum absolute atomic E-state index is 0.110. The van der Waals surface area contributed by atoms with Gasteiger partial charge in [-0.3, -0.25) is 9.48 Å². The number of carbonyl (C=O) groups excluding carboxylic acids is 1. The van der Waals surface area contributed by atoms with Crippen LogP contribution >= 0.6 is 0 Å². The molecule has 0 spiro atoms. The Morgan fingerprint density at radius 3 is 2.52 bits per heavy atom. The van der Waals surface area contributed by atoms with Gasteiger partial charge >= 0.3 is 0 Å². The standard InChI is InChI=1S/C21H29N5O/c1-17-5-11-24(12-6-17)20-4-3-19(15-22-20)21(27)25-13-7-18(8-14-25)16-26-10-2-9-23-26/h2-4,9-10,15,17-18H,5-8,11-14,16H2,1H3. The molecule has 0 radical (unpaired) electrons. The molecular formula is C21H29N5O. The number of amides is 1. The van der Waals surface area contributed by atoms with E-state index in [0.29, 0.717) is 11.5 Å². The van der Waals surface area contributed by atoms with Gasteiger partial charge in [0.1, 0.15) is 5.82 Å². The number of pyridine rings is 1. The van der Waals surface area contributed by atoms with Crippen LogP contribution in [-0.4, -0.2) is 51.8 Å². The van der Waals surface area contributed by atoms with E-state index in [9.17, 15) is 4.79 Å². The number of nitrogens with zero attached hydrogens (tertiary/aromatic N) is 5. The average Bonchev–Trinajstić information content (AvgIpc) is 3.22. The molecule has 2 saturated heterocycles. The van der Waals surface area contributed by atoms with Crippen LogP contribution in [0.15, 0.2) is 36.8 Å². The van der Waals surface area contributed by atoms with Crippen molar-refractivity contribution in [3.8, 4) is 0 Å². The van der Waals surface area contributed by atoms with Crippen molar-refractivity contribution in [3.05, 3.63) is 42.4 Å². The first kappa shape index (κ1) is 18.0. The minimum atomic E-state index is 0.110. The Labute approximate surface area is 161 Å². The van der Waals surface area contributed by atoms with Crippen molar-refractivity contribution in [1.82, 2.24) is 19.7 Å². The van der Waals surface area contributed by atoms with Crippen molar-refractivity contribution in [2.24, 2.45) is 11.8 Å². The monoisotopic (exact) mass is 367 g/mol. The number of piperidine rings is 2. The van der Waals surface area contributed by atoms with E-state index in [1.165, 1.54) is 12.8 Å². The summed E-state index contributed by atoms with van der Waals surface area (Å²) in [6, 6.07) is 5.91. The van der Waals surface area contributed by atoms with Crippen LogP contribution in [0.2, 0.25) is 0 Å². The van der Waals surface area contributed by atoms with Crippen LogP contribution in [0.5, 0.6) is 0 Å². The topological polar surface area (TPSA) is 54.3 Å². The molecule has 0 atom stereocenters. The van der Waals surface area contributed by atoms with E-state index in [-0.39, 0.29) is 5.91 Å². The molecule has 2 aromatic rings. The first-order valence-corrected chi connectivity index (χ1v) is 10.2. The van der Waals surface area contributed by atoms with Gasteiger partial charge in [-0.15, -0.1) is 0 Å². The number of hydrogen-bond acceptors (Lipinski definition) is 4. The third kappa shape index (κ3) is 4.31. The summed E-state index contributed by atoms with van der Waals surface area (Å²) in [6.45, 7) is 7.01. The third-order valence-corrected chi connectivity index (χ3v) is 6.01. The van der Waals surface area contributed by atoms with E-state index in [4.69, 9.17) is 0 Å². The summed E-state index contributed by atoms with van der Waals surface area (Å²) >= 11 is 0. The fourth-order valence-electron chi connectivity index (χ4n) is 4.11. The number of hydrogen-bond donors (Lipinski definition) is 0. The van der Waals surface area contributed by atoms with E-state index in [0.717, 1.165) is 57.3 Å². The molecule has 0 saturated carbocycles. The zero-order valence-electron chi connectivity index (χ0n) is 16.1. The van der Waals surface area contributed by atoms with Crippen molar-refractivity contribution in [2.75, 3.05) is 31.1 Å². The third-order valence-electron chi connectivity index (χ3n) is 6.01. The molecule has 2 aliphatic heterocycles. The predicted molar refractivity (Wildman–Crippen MR) is 106 cm³/mol. The van der Waals surface area contributed by atoms with Gasteiger partial charge in [0, 0.05) is 51.3 Å². The molecule has 6 nitrogen and oxygen atoms in total. The van der Waals surface area contributed by atoms with Crippen LogP contribution in [0.4, 0.5) is 5.82 Å². The average molecular weight is 367 g/mol. The van der Waals surface area contributed by atoms with E-state index >= 15 is 0 Å². The van der Waals surface area contributed by atoms with E-state index in [1.54, 1.807) is 6.20 Å². The maximum Gasteiger partial charge on any atom is 0.255 e. The van der Waals surface area contributed by atoms with Crippen molar-refractivity contribution in [3.63, 3.8) is 0 Å². The quantitative estimate of drug-likeness (QED) is 0.833. The minimum Gasteiger partial charge on any atom is -0.357 e. The lowest BCUT2D eigenvalue weighted by atomic mass is 9.96. The second-order valence-corrected chi connectivity index (χ2v) is 8.04. The first-order valence-electron chi connectivity index (χ1n) is 10.2. The molecule has 0 N–H and O–H groups in total. The zero-order valence-corrected chi connectivity index (χ0v) is 16.1. The van der Waals surface area contributed by atoms with Gasteiger partial charge in [0.2, 0.25) is 0 Å². The lowest BCUT2D eigenvalue weighted by Gasteiger charge is -2.32. The second kappa shape index (κ2) is 8.11. The van der Waals surface area contributed by atoms with E-state index in [1.807, 2.05) is 40.2 Å². The first-order chi connectivity index (χ1) is 13.2. The SMILES string of the molecule is CC1CCN(c2ccc(C(=O)N3CCC(Cn4cccn4)CC3)cn2)CC1. The zero-order chi connectivity index (χ0) is 18.6. The molecule has 2 aromatic heterocycles. The summed E-state index contributed by atoms with van der Waals surface area (Å²) in [5.41, 5.74) is 0.703. The van der Waals surface area contributed by atoms with Crippen molar-refractivity contribution in [2.45, 2.75) is 39.2 Å². The van der Waals surface area contributed by atoms with Crippen molar-refractivity contribution < 1.29 is 4.79 Å². The van der Waals surface area contributed by atoms with Gasteiger partial charge in [-0.25, -0.2) is 4.98 Å². The number of aromatic nitrogens is 3. The van der Waals surface area contributed by atoms with Crippen LogP contribution in [0.1, 0.15) is 43.0 Å². The molecule has 0 aromatic carbocycles. The van der Waals surface area contributed by atoms with Gasteiger partial charge in [0.25, 0.3) is 5.91 Å². The molecule has 0 unspecified atom stereocenters. The van der Waals surface area contributed by atoms with Gasteiger partial charge in [0.15, 0.2) is 0 Å². The van der Waals surface area contributed by atoms with Crippen LogP contribution in [0, 0.1) is 11.8 Å². The number of likely N-dealkylation sites (tertiary alicyclic amines) is 1. The van der Waals surface area contributed by atoms with Gasteiger partial charge in [0.05, 0.1) is 5.56 Å². The number of anilines is 1. The Bertz CT molecular complexity index is 726. The molecule has 6 heteroatoms. The molecule has 27 heavy (non-hydrogen) atoms. The molecule has 1 amide bonds. The Morgan fingerprint density at radius 1 is 1.11 bits per heavy atom. The summed E-state index contributed by atoms with van der Waals surface area (Å²) in [5.74, 6) is 2.50. The Morgan fingerprint density at radius 2 is 1.89 bits per heavy atom. The highest BCUT2D eigenvalue weighted by atomic mass is 16.2. The maximum atomic E-state index is 12.8. The van der Waals surface area contributed by atoms with Crippen LogP contribution in [-0.2, 0) is 6.54 Å². The number of rotatable bonds is 4. The largest absolute Gasteiger partial charge is 0.357 e. The lowest BCUT2D eigenvalue weighted by Crippen LogP contribution is -2.39. The van der Waals surface area contributed by atoms with Gasteiger partial charge in [-0.2, -0.15) is 5.10 Å². The Kier molecular flexibility index (Phi) is 5.41. The number of carbonyl (C=O) groups is 1. The van der Waals surface area contributed by atoms with Crippen LogP contribution < -0.4 is 4.90 Å². The van der Waals surface area contributed by atoms with E-state index < -0.39 is 0 Å². The van der Waals surface area contributed by atoms with Crippen molar-refractivity contribution in [1.29, 1.82) is 0 Å². The maximum absolute atomic E-state index is 12.8. The molecule has 4 heterocycles. The van der Waals surface area contributed by atoms with E-state index in [2.05, 4.69) is 21.9 Å².